The van der Waals surface area contributed by atoms with Gasteiger partial charge in [0.1, 0.15) is 6.61 Å². The van der Waals surface area contributed by atoms with Crippen molar-refractivity contribution in [2.24, 2.45) is 17.3 Å². The fraction of sp³-hybridized carbons (Fsp3) is 0.867. The SMILES string of the molecule is CC(=O)OCCNC(=O)C1(C(C)C)CCCC(C)C1. The molecule has 0 saturated heterocycles. The van der Waals surface area contributed by atoms with Crippen LogP contribution in [0, 0.1) is 17.3 Å². The first kappa shape index (κ1) is 16.0. The lowest BCUT2D eigenvalue weighted by atomic mass is 9.63. The highest BCUT2D eigenvalue weighted by Gasteiger charge is 2.43. The van der Waals surface area contributed by atoms with Crippen molar-refractivity contribution in [3.63, 3.8) is 0 Å². The quantitative estimate of drug-likeness (QED) is 0.616. The van der Waals surface area contributed by atoms with Crippen LogP contribution in [0.15, 0.2) is 0 Å². The summed E-state index contributed by atoms with van der Waals surface area (Å²) in [7, 11) is 0. The average Bonchev–Trinajstić information content (AvgIpc) is 2.33. The second-order valence-corrected chi connectivity index (χ2v) is 6.11. The molecule has 0 aromatic rings. The maximum absolute atomic E-state index is 12.5. The molecule has 0 aromatic carbocycles. The van der Waals surface area contributed by atoms with Crippen LogP contribution in [0.5, 0.6) is 0 Å². The Balaban J connectivity index is 2.56. The maximum atomic E-state index is 12.5. The summed E-state index contributed by atoms with van der Waals surface area (Å²) < 4.78 is 4.84. The van der Waals surface area contributed by atoms with Crippen LogP contribution >= 0.6 is 0 Å². The molecule has 0 spiro atoms. The van der Waals surface area contributed by atoms with Gasteiger partial charge in [-0.3, -0.25) is 9.59 Å². The van der Waals surface area contributed by atoms with E-state index in [9.17, 15) is 9.59 Å². The van der Waals surface area contributed by atoms with Gasteiger partial charge in [-0.05, 0) is 24.7 Å². The van der Waals surface area contributed by atoms with E-state index < -0.39 is 0 Å². The summed E-state index contributed by atoms with van der Waals surface area (Å²) in [5.41, 5.74) is -0.242. The summed E-state index contributed by atoms with van der Waals surface area (Å²) in [5, 5.41) is 2.93. The summed E-state index contributed by atoms with van der Waals surface area (Å²) in [4.78, 5) is 23.2. The first-order chi connectivity index (χ1) is 8.88. The standard InChI is InChI=1S/C15H27NO3/c1-11(2)15(7-5-6-12(3)10-15)14(18)16-8-9-19-13(4)17/h11-12H,5-10H2,1-4H3,(H,16,18). The molecular weight excluding hydrogens is 242 g/mol. The van der Waals surface area contributed by atoms with Crippen molar-refractivity contribution in [3.8, 4) is 0 Å². The lowest BCUT2D eigenvalue weighted by Crippen LogP contribution is -2.48. The van der Waals surface area contributed by atoms with Crippen LogP contribution in [0.2, 0.25) is 0 Å². The largest absolute Gasteiger partial charge is 0.464 e. The van der Waals surface area contributed by atoms with Crippen molar-refractivity contribution in [3.05, 3.63) is 0 Å². The fourth-order valence-electron chi connectivity index (χ4n) is 3.12. The second kappa shape index (κ2) is 6.92. The van der Waals surface area contributed by atoms with E-state index in [-0.39, 0.29) is 23.9 Å². The van der Waals surface area contributed by atoms with Crippen molar-refractivity contribution in [1.82, 2.24) is 5.32 Å². The zero-order chi connectivity index (χ0) is 14.5. The summed E-state index contributed by atoms with van der Waals surface area (Å²) >= 11 is 0. The number of carbonyl (C=O) groups is 2. The Labute approximate surface area is 116 Å². The number of carbonyl (C=O) groups excluding carboxylic acids is 2. The Morgan fingerprint density at radius 1 is 1.42 bits per heavy atom. The number of hydrogen-bond acceptors (Lipinski definition) is 3. The molecule has 0 bridgehead atoms. The normalized spacial score (nSPS) is 27.1. The van der Waals surface area contributed by atoms with Crippen LogP contribution in [-0.4, -0.2) is 25.0 Å². The summed E-state index contributed by atoms with van der Waals surface area (Å²) in [5.74, 6) is 0.764. The van der Waals surface area contributed by atoms with E-state index in [2.05, 4.69) is 26.1 Å². The van der Waals surface area contributed by atoms with Gasteiger partial charge in [0, 0.05) is 6.92 Å². The number of ether oxygens (including phenoxy) is 1. The summed E-state index contributed by atoms with van der Waals surface area (Å²) in [6.07, 6.45) is 4.27. The smallest absolute Gasteiger partial charge is 0.302 e. The third-order valence-corrected chi connectivity index (χ3v) is 4.28. The van der Waals surface area contributed by atoms with E-state index in [1.165, 1.54) is 13.3 Å². The van der Waals surface area contributed by atoms with Gasteiger partial charge in [-0.15, -0.1) is 0 Å². The Hall–Kier alpha value is -1.06. The van der Waals surface area contributed by atoms with E-state index in [1.807, 2.05) is 0 Å². The van der Waals surface area contributed by atoms with E-state index in [0.717, 1.165) is 19.3 Å². The first-order valence-corrected chi connectivity index (χ1v) is 7.30. The molecule has 1 amide bonds. The van der Waals surface area contributed by atoms with Gasteiger partial charge in [0.25, 0.3) is 0 Å². The molecule has 4 heteroatoms. The average molecular weight is 269 g/mol. The molecule has 2 atom stereocenters. The molecule has 4 nitrogen and oxygen atoms in total. The van der Waals surface area contributed by atoms with Gasteiger partial charge in [-0.2, -0.15) is 0 Å². The van der Waals surface area contributed by atoms with Crippen LogP contribution in [0.25, 0.3) is 0 Å². The molecule has 110 valence electrons. The predicted octanol–water partition coefficient (Wildman–Crippen LogP) is 2.52. The van der Waals surface area contributed by atoms with E-state index in [4.69, 9.17) is 4.74 Å². The molecule has 1 aliphatic carbocycles. The Morgan fingerprint density at radius 2 is 2.11 bits per heavy atom. The molecule has 1 N–H and O–H groups in total. The topological polar surface area (TPSA) is 55.4 Å². The molecule has 1 aliphatic rings. The van der Waals surface area contributed by atoms with Crippen molar-refractivity contribution in [2.45, 2.75) is 53.4 Å². The summed E-state index contributed by atoms with van der Waals surface area (Å²) in [6.45, 7) is 8.52. The molecule has 19 heavy (non-hydrogen) atoms. The minimum Gasteiger partial charge on any atom is -0.464 e. The zero-order valence-corrected chi connectivity index (χ0v) is 12.6. The van der Waals surface area contributed by atoms with Gasteiger partial charge in [0.2, 0.25) is 5.91 Å². The van der Waals surface area contributed by atoms with Crippen molar-refractivity contribution in [1.29, 1.82) is 0 Å². The van der Waals surface area contributed by atoms with E-state index >= 15 is 0 Å². The van der Waals surface area contributed by atoms with Crippen molar-refractivity contribution < 1.29 is 14.3 Å². The lowest BCUT2D eigenvalue weighted by Gasteiger charge is -2.41. The van der Waals surface area contributed by atoms with Crippen molar-refractivity contribution in [2.75, 3.05) is 13.2 Å². The van der Waals surface area contributed by atoms with Crippen LogP contribution in [0.4, 0.5) is 0 Å². The van der Waals surface area contributed by atoms with E-state index in [1.54, 1.807) is 0 Å². The molecule has 0 aromatic heterocycles. The monoisotopic (exact) mass is 269 g/mol. The maximum Gasteiger partial charge on any atom is 0.302 e. The van der Waals surface area contributed by atoms with E-state index in [0.29, 0.717) is 18.4 Å². The Kier molecular flexibility index (Phi) is 5.83. The number of rotatable bonds is 5. The lowest BCUT2D eigenvalue weighted by molar-refractivity contribution is -0.143. The number of amides is 1. The highest BCUT2D eigenvalue weighted by molar-refractivity contribution is 5.83. The third-order valence-electron chi connectivity index (χ3n) is 4.28. The molecule has 1 fully saturated rings. The van der Waals surface area contributed by atoms with Gasteiger partial charge in [-0.1, -0.05) is 33.6 Å². The highest BCUT2D eigenvalue weighted by Crippen LogP contribution is 2.44. The van der Waals surface area contributed by atoms with Crippen molar-refractivity contribution >= 4 is 11.9 Å². The van der Waals surface area contributed by atoms with Gasteiger partial charge in [0.15, 0.2) is 0 Å². The molecule has 1 saturated carbocycles. The molecule has 0 aliphatic heterocycles. The molecular formula is C15H27NO3. The predicted molar refractivity (Wildman–Crippen MR) is 74.5 cm³/mol. The third kappa shape index (κ3) is 4.22. The van der Waals surface area contributed by atoms with Gasteiger partial charge in [0.05, 0.1) is 12.0 Å². The van der Waals surface area contributed by atoms with Crippen LogP contribution in [0.1, 0.15) is 53.4 Å². The summed E-state index contributed by atoms with van der Waals surface area (Å²) in [6, 6.07) is 0. The highest BCUT2D eigenvalue weighted by atomic mass is 16.5. The first-order valence-electron chi connectivity index (χ1n) is 7.30. The molecule has 0 heterocycles. The molecule has 0 radical (unpaired) electrons. The van der Waals surface area contributed by atoms with Crippen LogP contribution in [-0.2, 0) is 14.3 Å². The zero-order valence-electron chi connectivity index (χ0n) is 12.6. The molecule has 1 rings (SSSR count). The number of nitrogens with one attached hydrogen (secondary N) is 1. The van der Waals surface area contributed by atoms with Crippen LogP contribution < -0.4 is 5.32 Å². The minimum absolute atomic E-state index is 0.126. The molecule has 2 unspecified atom stereocenters. The number of hydrogen-bond donors (Lipinski definition) is 1. The van der Waals surface area contributed by atoms with Crippen LogP contribution in [0.3, 0.4) is 0 Å². The van der Waals surface area contributed by atoms with Gasteiger partial charge < -0.3 is 10.1 Å². The minimum atomic E-state index is -0.306. The Bertz CT molecular complexity index is 327. The van der Waals surface area contributed by atoms with Gasteiger partial charge in [-0.25, -0.2) is 0 Å². The second-order valence-electron chi connectivity index (χ2n) is 6.11. The Morgan fingerprint density at radius 3 is 2.63 bits per heavy atom. The fourth-order valence-corrected chi connectivity index (χ4v) is 3.12. The number of esters is 1. The van der Waals surface area contributed by atoms with Gasteiger partial charge >= 0.3 is 5.97 Å².